The molecule has 0 spiro atoms. The van der Waals surface area contributed by atoms with Gasteiger partial charge in [0.2, 0.25) is 11.8 Å². The molecular formula is C26H32N4O2. The highest BCUT2D eigenvalue weighted by molar-refractivity contribution is 5.79. The van der Waals surface area contributed by atoms with E-state index in [1.54, 1.807) is 0 Å². The van der Waals surface area contributed by atoms with Gasteiger partial charge in [0.15, 0.2) is 0 Å². The number of hydrogen-bond donors (Lipinski definition) is 0. The Morgan fingerprint density at radius 3 is 2.28 bits per heavy atom. The number of rotatable bonds is 9. The standard InChI is InChI=1S/C26H32N4O2/c1-28(2)17-18-30(24(31)19-21-11-5-3-6-12-21)20-23-25(22-13-7-4-8-14-22)27-32-26(23)29-15-9-10-16-29/h3-8,11-14H,9-10,15-20H2,1-2H3. The van der Waals surface area contributed by atoms with Gasteiger partial charge >= 0.3 is 0 Å². The fourth-order valence-electron chi connectivity index (χ4n) is 4.12. The van der Waals surface area contributed by atoms with Crippen molar-refractivity contribution in [1.82, 2.24) is 15.0 Å². The quantitative estimate of drug-likeness (QED) is 0.510. The molecular weight excluding hydrogens is 400 g/mol. The molecule has 0 atom stereocenters. The SMILES string of the molecule is CN(C)CCN(Cc1c(-c2ccccc2)noc1N1CCCC1)C(=O)Cc1ccccc1. The molecule has 0 bridgehead atoms. The lowest BCUT2D eigenvalue weighted by atomic mass is 10.1. The number of carbonyl (C=O) groups excluding carboxylic acids is 1. The highest BCUT2D eigenvalue weighted by Crippen LogP contribution is 2.34. The highest BCUT2D eigenvalue weighted by atomic mass is 16.5. The molecule has 6 heteroatoms. The van der Waals surface area contributed by atoms with Gasteiger partial charge in [0.25, 0.3) is 0 Å². The van der Waals surface area contributed by atoms with Crippen molar-refractivity contribution >= 4 is 11.8 Å². The Bertz CT molecular complexity index is 995. The monoisotopic (exact) mass is 432 g/mol. The number of nitrogens with zero attached hydrogens (tertiary/aromatic N) is 4. The fraction of sp³-hybridized carbons (Fsp3) is 0.385. The van der Waals surface area contributed by atoms with E-state index in [9.17, 15) is 4.79 Å². The van der Waals surface area contributed by atoms with Gasteiger partial charge < -0.3 is 19.2 Å². The van der Waals surface area contributed by atoms with E-state index in [1.807, 2.05) is 79.7 Å². The summed E-state index contributed by atoms with van der Waals surface area (Å²) in [6.07, 6.45) is 2.69. The number of amides is 1. The van der Waals surface area contributed by atoms with Crippen LogP contribution in [0.25, 0.3) is 11.3 Å². The Balaban J connectivity index is 1.65. The van der Waals surface area contributed by atoms with Crippen molar-refractivity contribution in [3.63, 3.8) is 0 Å². The first kappa shape index (κ1) is 22.1. The lowest BCUT2D eigenvalue weighted by molar-refractivity contribution is -0.131. The van der Waals surface area contributed by atoms with Crippen LogP contribution in [0.3, 0.4) is 0 Å². The van der Waals surface area contributed by atoms with E-state index in [0.29, 0.717) is 19.5 Å². The average molecular weight is 433 g/mol. The average Bonchev–Trinajstić information content (AvgIpc) is 3.47. The van der Waals surface area contributed by atoms with Crippen LogP contribution >= 0.6 is 0 Å². The van der Waals surface area contributed by atoms with Gasteiger partial charge in [0.05, 0.1) is 18.5 Å². The smallest absolute Gasteiger partial charge is 0.232 e. The van der Waals surface area contributed by atoms with Gasteiger partial charge in [0.1, 0.15) is 5.69 Å². The zero-order chi connectivity index (χ0) is 22.3. The van der Waals surface area contributed by atoms with Gasteiger partial charge in [-0.2, -0.15) is 0 Å². The summed E-state index contributed by atoms with van der Waals surface area (Å²) >= 11 is 0. The second-order valence-corrected chi connectivity index (χ2v) is 8.66. The second-order valence-electron chi connectivity index (χ2n) is 8.66. The maximum absolute atomic E-state index is 13.4. The van der Waals surface area contributed by atoms with Crippen LogP contribution < -0.4 is 4.90 Å². The summed E-state index contributed by atoms with van der Waals surface area (Å²) in [5.41, 5.74) is 3.87. The molecule has 1 amide bonds. The molecule has 32 heavy (non-hydrogen) atoms. The molecule has 1 saturated heterocycles. The minimum Gasteiger partial charge on any atom is -0.340 e. The second kappa shape index (κ2) is 10.5. The van der Waals surface area contributed by atoms with Crippen LogP contribution in [0.15, 0.2) is 65.2 Å². The molecule has 0 saturated carbocycles. The molecule has 4 rings (SSSR count). The summed E-state index contributed by atoms with van der Waals surface area (Å²) in [5.74, 6) is 0.925. The molecule has 2 aromatic carbocycles. The van der Waals surface area contributed by atoms with Crippen LogP contribution in [0.4, 0.5) is 5.88 Å². The van der Waals surface area contributed by atoms with E-state index in [2.05, 4.69) is 15.0 Å². The Kier molecular flexibility index (Phi) is 7.22. The first-order valence-electron chi connectivity index (χ1n) is 11.4. The van der Waals surface area contributed by atoms with Gasteiger partial charge in [-0.15, -0.1) is 0 Å². The van der Waals surface area contributed by atoms with Gasteiger partial charge in [0, 0.05) is 31.7 Å². The zero-order valence-electron chi connectivity index (χ0n) is 19.0. The van der Waals surface area contributed by atoms with Crippen LogP contribution in [0.2, 0.25) is 0 Å². The molecule has 1 aliphatic rings. The van der Waals surface area contributed by atoms with Crippen LogP contribution in [-0.2, 0) is 17.8 Å². The molecule has 168 valence electrons. The van der Waals surface area contributed by atoms with Crippen molar-refractivity contribution in [2.24, 2.45) is 0 Å². The predicted octanol–water partition coefficient (Wildman–Crippen LogP) is 4.07. The molecule has 3 aromatic rings. The van der Waals surface area contributed by atoms with Gasteiger partial charge in [-0.05, 0) is 32.5 Å². The van der Waals surface area contributed by atoms with Crippen LogP contribution in [0.5, 0.6) is 0 Å². The maximum atomic E-state index is 13.4. The molecule has 1 fully saturated rings. The number of aromatic nitrogens is 1. The van der Waals surface area contributed by atoms with Gasteiger partial charge in [-0.3, -0.25) is 4.79 Å². The van der Waals surface area contributed by atoms with Crippen molar-refractivity contribution < 1.29 is 9.32 Å². The van der Waals surface area contributed by atoms with Gasteiger partial charge in [-0.1, -0.05) is 65.8 Å². The molecule has 0 aliphatic carbocycles. The van der Waals surface area contributed by atoms with Crippen LogP contribution in [0, 0.1) is 0 Å². The van der Waals surface area contributed by atoms with E-state index < -0.39 is 0 Å². The summed E-state index contributed by atoms with van der Waals surface area (Å²) in [6, 6.07) is 20.1. The lowest BCUT2D eigenvalue weighted by Gasteiger charge is -2.26. The Morgan fingerprint density at radius 2 is 1.62 bits per heavy atom. The lowest BCUT2D eigenvalue weighted by Crippen LogP contribution is -2.37. The summed E-state index contributed by atoms with van der Waals surface area (Å²) in [7, 11) is 4.06. The number of hydrogen-bond acceptors (Lipinski definition) is 5. The molecule has 0 unspecified atom stereocenters. The third kappa shape index (κ3) is 5.37. The van der Waals surface area contributed by atoms with E-state index in [-0.39, 0.29) is 5.91 Å². The van der Waals surface area contributed by atoms with Crippen molar-refractivity contribution in [2.75, 3.05) is 45.2 Å². The topological polar surface area (TPSA) is 52.8 Å². The summed E-state index contributed by atoms with van der Waals surface area (Å²) < 4.78 is 5.89. The zero-order valence-corrected chi connectivity index (χ0v) is 19.0. The molecule has 1 aromatic heterocycles. The van der Waals surface area contributed by atoms with Gasteiger partial charge in [-0.25, -0.2) is 0 Å². The summed E-state index contributed by atoms with van der Waals surface area (Å²) in [5, 5.41) is 4.46. The summed E-state index contributed by atoms with van der Waals surface area (Å²) in [6.45, 7) is 3.86. The maximum Gasteiger partial charge on any atom is 0.232 e. The summed E-state index contributed by atoms with van der Waals surface area (Å²) in [4.78, 5) is 19.7. The Morgan fingerprint density at radius 1 is 0.969 bits per heavy atom. The number of benzene rings is 2. The Labute approximate surface area is 190 Å². The van der Waals surface area contributed by atoms with E-state index in [0.717, 1.165) is 60.7 Å². The van der Waals surface area contributed by atoms with E-state index in [1.165, 1.54) is 0 Å². The molecule has 0 N–H and O–H groups in total. The third-order valence-corrected chi connectivity index (χ3v) is 5.92. The minimum atomic E-state index is 0.116. The van der Waals surface area contributed by atoms with E-state index >= 15 is 0 Å². The predicted molar refractivity (Wildman–Crippen MR) is 128 cm³/mol. The van der Waals surface area contributed by atoms with Crippen molar-refractivity contribution in [3.05, 3.63) is 71.8 Å². The third-order valence-electron chi connectivity index (χ3n) is 5.92. The number of likely N-dealkylation sites (N-methyl/N-ethyl adjacent to an activating group) is 1. The first-order valence-corrected chi connectivity index (χ1v) is 11.4. The number of carbonyl (C=O) groups is 1. The van der Waals surface area contributed by atoms with Crippen LogP contribution in [-0.4, -0.2) is 61.1 Å². The van der Waals surface area contributed by atoms with Crippen molar-refractivity contribution in [2.45, 2.75) is 25.8 Å². The van der Waals surface area contributed by atoms with Crippen molar-refractivity contribution in [3.8, 4) is 11.3 Å². The van der Waals surface area contributed by atoms with Crippen molar-refractivity contribution in [1.29, 1.82) is 0 Å². The normalized spacial score (nSPS) is 13.7. The Hall–Kier alpha value is -3.12. The first-order chi connectivity index (χ1) is 15.6. The molecule has 6 nitrogen and oxygen atoms in total. The highest BCUT2D eigenvalue weighted by Gasteiger charge is 2.27. The molecule has 1 aliphatic heterocycles. The minimum absolute atomic E-state index is 0.116. The number of anilines is 1. The van der Waals surface area contributed by atoms with E-state index in [4.69, 9.17) is 4.52 Å². The molecule has 2 heterocycles. The van der Waals surface area contributed by atoms with Crippen LogP contribution in [0.1, 0.15) is 24.0 Å². The fourth-order valence-corrected chi connectivity index (χ4v) is 4.12. The largest absolute Gasteiger partial charge is 0.340 e. The molecule has 0 radical (unpaired) electrons.